The van der Waals surface area contributed by atoms with Crippen molar-refractivity contribution >= 4 is 30.2 Å². The van der Waals surface area contributed by atoms with Gasteiger partial charge in [-0.3, -0.25) is 38.8 Å². The van der Waals surface area contributed by atoms with E-state index in [9.17, 15) is 39.3 Å². The summed E-state index contributed by atoms with van der Waals surface area (Å²) in [5.74, 6) is -4.27. The van der Waals surface area contributed by atoms with E-state index in [-0.39, 0.29) is 84.8 Å². The summed E-state index contributed by atoms with van der Waals surface area (Å²) in [7, 11) is 0. The molecule has 1 heterocycles. The zero-order valence-corrected chi connectivity index (χ0v) is 18.0. The van der Waals surface area contributed by atoms with Crippen molar-refractivity contribution < 1.29 is 44.4 Å². The van der Waals surface area contributed by atoms with Crippen LogP contribution in [-0.4, -0.2) is 148 Å². The highest BCUT2D eigenvalue weighted by Crippen LogP contribution is 2.09. The van der Waals surface area contributed by atoms with Crippen LogP contribution in [0.4, 0.5) is 0 Å². The van der Waals surface area contributed by atoms with Gasteiger partial charge in [0, 0.05) is 58.8 Å². The highest BCUT2D eigenvalue weighted by atomic mass is 16.4. The molecule has 1 aliphatic heterocycles. The van der Waals surface area contributed by atoms with Crippen LogP contribution in [0.5, 0.6) is 0 Å². The molecule has 182 valence electrons. The average molecular weight is 460 g/mol. The number of aliphatic carboxylic acids is 4. The second kappa shape index (κ2) is 14.5. The van der Waals surface area contributed by atoms with Gasteiger partial charge in [-0.25, -0.2) is 0 Å². The van der Waals surface area contributed by atoms with Crippen LogP contribution in [0.1, 0.15) is 12.8 Å². The molecular formula is C19H32N4O9. The standard InChI is InChI=1S/C19H32N4O9/c24-11-1-2-15(19(31)32)23-9-7-21(13-17(27)28)5-3-20(12-16(25)26)4-6-22(8-10-23)14-18(29)30/h11,15H,1-10,12-14H2,(H,25,26)(H,27,28)(H,29,30)(H,31,32). The molecule has 0 aromatic carbocycles. The highest BCUT2D eigenvalue weighted by molar-refractivity contribution is 5.74. The van der Waals surface area contributed by atoms with Crippen molar-refractivity contribution in [3.05, 3.63) is 0 Å². The summed E-state index contributed by atoms with van der Waals surface area (Å²) in [4.78, 5) is 62.7. The molecule has 0 aromatic heterocycles. The lowest BCUT2D eigenvalue weighted by molar-refractivity contribution is -0.145. The molecule has 32 heavy (non-hydrogen) atoms. The maximum absolute atomic E-state index is 11.8. The van der Waals surface area contributed by atoms with Gasteiger partial charge in [0.15, 0.2) is 0 Å². The zero-order chi connectivity index (χ0) is 24.1. The van der Waals surface area contributed by atoms with Crippen molar-refractivity contribution in [2.75, 3.05) is 72.0 Å². The van der Waals surface area contributed by atoms with Crippen molar-refractivity contribution in [2.24, 2.45) is 0 Å². The van der Waals surface area contributed by atoms with E-state index in [0.29, 0.717) is 6.29 Å². The maximum Gasteiger partial charge on any atom is 0.320 e. The minimum absolute atomic E-state index is 0.0509. The predicted molar refractivity (Wildman–Crippen MR) is 111 cm³/mol. The molecule has 1 saturated heterocycles. The van der Waals surface area contributed by atoms with Gasteiger partial charge in [-0.2, -0.15) is 0 Å². The predicted octanol–water partition coefficient (Wildman–Crippen LogP) is -2.11. The normalized spacial score (nSPS) is 19.4. The lowest BCUT2D eigenvalue weighted by atomic mass is 10.1. The van der Waals surface area contributed by atoms with Crippen LogP contribution in [0.15, 0.2) is 0 Å². The molecule has 0 amide bonds. The number of hydrogen-bond donors (Lipinski definition) is 4. The summed E-state index contributed by atoms with van der Waals surface area (Å²) >= 11 is 0. The molecule has 0 spiro atoms. The minimum Gasteiger partial charge on any atom is -0.480 e. The molecule has 0 aliphatic carbocycles. The average Bonchev–Trinajstić information content (AvgIpc) is 2.68. The van der Waals surface area contributed by atoms with Gasteiger partial charge >= 0.3 is 23.9 Å². The lowest BCUT2D eigenvalue weighted by Gasteiger charge is -2.35. The van der Waals surface area contributed by atoms with Gasteiger partial charge in [0.1, 0.15) is 12.3 Å². The molecule has 0 radical (unpaired) electrons. The number of carbonyl (C=O) groups excluding carboxylic acids is 1. The fourth-order valence-corrected chi connectivity index (χ4v) is 3.60. The summed E-state index contributed by atoms with van der Waals surface area (Å²) in [6, 6.07) is -0.968. The van der Waals surface area contributed by atoms with Gasteiger partial charge in [0.05, 0.1) is 19.6 Å². The third kappa shape index (κ3) is 11.1. The minimum atomic E-state index is -1.11. The largest absolute Gasteiger partial charge is 0.480 e. The van der Waals surface area contributed by atoms with Crippen molar-refractivity contribution in [3.8, 4) is 0 Å². The van der Waals surface area contributed by atoms with Gasteiger partial charge in [0.2, 0.25) is 0 Å². The van der Waals surface area contributed by atoms with Crippen LogP contribution in [0.2, 0.25) is 0 Å². The van der Waals surface area contributed by atoms with Crippen LogP contribution in [0.3, 0.4) is 0 Å². The molecule has 1 rings (SSSR count). The Kier molecular flexibility index (Phi) is 12.4. The fourth-order valence-electron chi connectivity index (χ4n) is 3.60. The van der Waals surface area contributed by atoms with E-state index in [1.807, 2.05) is 0 Å². The fraction of sp³-hybridized carbons (Fsp3) is 0.737. The second-order valence-electron chi connectivity index (χ2n) is 7.64. The van der Waals surface area contributed by atoms with Crippen molar-refractivity contribution in [1.82, 2.24) is 19.6 Å². The smallest absolute Gasteiger partial charge is 0.320 e. The first-order valence-corrected chi connectivity index (χ1v) is 10.3. The number of hydrogen-bond acceptors (Lipinski definition) is 9. The molecule has 0 saturated carbocycles. The topological polar surface area (TPSA) is 179 Å². The summed E-state index contributed by atoms with van der Waals surface area (Å²) in [5.41, 5.74) is 0. The Morgan fingerprint density at radius 3 is 1.28 bits per heavy atom. The van der Waals surface area contributed by atoms with Gasteiger partial charge < -0.3 is 25.2 Å². The number of carboxylic acids is 4. The van der Waals surface area contributed by atoms with E-state index in [4.69, 9.17) is 5.11 Å². The summed E-state index contributed by atoms with van der Waals surface area (Å²) < 4.78 is 0. The Hall–Kier alpha value is -2.61. The highest BCUT2D eigenvalue weighted by Gasteiger charge is 2.27. The molecule has 1 atom stereocenters. The molecule has 13 nitrogen and oxygen atoms in total. The van der Waals surface area contributed by atoms with E-state index in [0.717, 1.165) is 0 Å². The Bertz CT molecular complexity index is 629. The second-order valence-corrected chi connectivity index (χ2v) is 7.64. The third-order valence-electron chi connectivity index (χ3n) is 5.23. The monoisotopic (exact) mass is 460 g/mol. The van der Waals surface area contributed by atoms with Crippen molar-refractivity contribution in [2.45, 2.75) is 18.9 Å². The Balaban J connectivity index is 3.09. The Labute approximate surface area is 185 Å². The molecule has 4 N–H and O–H groups in total. The first-order chi connectivity index (χ1) is 15.1. The zero-order valence-electron chi connectivity index (χ0n) is 18.0. The van der Waals surface area contributed by atoms with Crippen LogP contribution >= 0.6 is 0 Å². The number of aldehydes is 1. The molecule has 1 unspecified atom stereocenters. The van der Waals surface area contributed by atoms with Crippen molar-refractivity contribution in [1.29, 1.82) is 0 Å². The van der Waals surface area contributed by atoms with E-state index < -0.39 is 29.9 Å². The van der Waals surface area contributed by atoms with E-state index in [2.05, 4.69) is 0 Å². The quantitative estimate of drug-likeness (QED) is 0.246. The van der Waals surface area contributed by atoms with Crippen LogP contribution in [0, 0.1) is 0 Å². The third-order valence-corrected chi connectivity index (χ3v) is 5.23. The number of carboxylic acid groups (broad SMARTS) is 4. The molecule has 0 aromatic rings. The van der Waals surface area contributed by atoms with Gasteiger partial charge in [-0.15, -0.1) is 0 Å². The summed E-state index contributed by atoms with van der Waals surface area (Å²) in [6.07, 6.45) is 0.773. The molecule has 1 aliphatic rings. The van der Waals surface area contributed by atoms with Gasteiger partial charge in [-0.05, 0) is 6.42 Å². The number of rotatable bonds is 11. The molecule has 1 fully saturated rings. The lowest BCUT2D eigenvalue weighted by Crippen LogP contribution is -2.51. The Morgan fingerprint density at radius 1 is 0.656 bits per heavy atom. The summed E-state index contributed by atoms with van der Waals surface area (Å²) in [6.45, 7) is 1.01. The maximum atomic E-state index is 11.8. The Morgan fingerprint density at radius 2 is 1.00 bits per heavy atom. The molecule has 13 heteroatoms. The van der Waals surface area contributed by atoms with Crippen LogP contribution in [-0.2, 0) is 24.0 Å². The summed E-state index contributed by atoms with van der Waals surface area (Å²) in [5, 5.41) is 37.2. The van der Waals surface area contributed by atoms with E-state index >= 15 is 0 Å². The number of carbonyl (C=O) groups is 5. The van der Waals surface area contributed by atoms with E-state index in [1.165, 1.54) is 0 Å². The first-order valence-electron chi connectivity index (χ1n) is 10.3. The van der Waals surface area contributed by atoms with E-state index in [1.54, 1.807) is 19.6 Å². The van der Waals surface area contributed by atoms with Gasteiger partial charge in [-0.1, -0.05) is 0 Å². The molecular weight excluding hydrogens is 428 g/mol. The van der Waals surface area contributed by atoms with Gasteiger partial charge in [0.25, 0.3) is 0 Å². The number of nitrogens with zero attached hydrogens (tertiary/aromatic N) is 4. The SMILES string of the molecule is O=CCCC(C(=O)O)N1CCN(CC(=O)O)CCN(CC(=O)O)CCN(CC(=O)O)CC1. The molecule has 0 bridgehead atoms. The van der Waals surface area contributed by atoms with Crippen LogP contribution < -0.4 is 0 Å². The first kappa shape index (κ1) is 27.4. The van der Waals surface area contributed by atoms with Crippen molar-refractivity contribution in [3.63, 3.8) is 0 Å². The van der Waals surface area contributed by atoms with Crippen LogP contribution in [0.25, 0.3) is 0 Å².